The number of aliphatic hydroxyl groups is 1. The number of aromatic nitrogens is 1. The van der Waals surface area contributed by atoms with E-state index >= 15 is 0 Å². The molecule has 0 saturated heterocycles. The van der Waals surface area contributed by atoms with E-state index in [4.69, 9.17) is 5.11 Å². The summed E-state index contributed by atoms with van der Waals surface area (Å²) < 4.78 is 55.8. The van der Waals surface area contributed by atoms with Crippen LogP contribution < -0.4 is 10.1 Å². The van der Waals surface area contributed by atoms with E-state index in [2.05, 4.69) is 15.0 Å². The van der Waals surface area contributed by atoms with E-state index in [0.29, 0.717) is 24.2 Å². The third-order valence-electron chi connectivity index (χ3n) is 4.40. The molecule has 0 radical (unpaired) electrons. The zero-order valence-corrected chi connectivity index (χ0v) is 15.8. The second-order valence-electron chi connectivity index (χ2n) is 6.59. The number of carbonyl (C=O) groups is 1. The van der Waals surface area contributed by atoms with Crippen LogP contribution in [0.15, 0.2) is 36.5 Å². The van der Waals surface area contributed by atoms with Crippen LogP contribution in [-0.4, -0.2) is 29.0 Å². The normalized spacial score (nSPS) is 17.7. The average Bonchev–Trinajstić information content (AvgIpc) is 2.70. The minimum atomic E-state index is -2.74. The Labute approximate surface area is 165 Å². The van der Waals surface area contributed by atoms with E-state index < -0.39 is 29.4 Å². The van der Waals surface area contributed by atoms with Crippen molar-refractivity contribution in [3.05, 3.63) is 53.9 Å². The molecule has 158 valence electrons. The van der Waals surface area contributed by atoms with Crippen molar-refractivity contribution in [3.8, 4) is 5.75 Å². The van der Waals surface area contributed by atoms with Gasteiger partial charge in [0.1, 0.15) is 0 Å². The van der Waals surface area contributed by atoms with Gasteiger partial charge in [0.25, 0.3) is 0 Å². The van der Waals surface area contributed by atoms with Gasteiger partial charge in [-0.3, -0.25) is 9.78 Å². The topological polar surface area (TPSA) is 71.5 Å². The predicted molar refractivity (Wildman–Crippen MR) is 98.6 cm³/mol. The van der Waals surface area contributed by atoms with Crippen LogP contribution in [0, 0.1) is 17.6 Å². The smallest absolute Gasteiger partial charge is 0.248 e. The molecule has 29 heavy (non-hydrogen) atoms. The third kappa shape index (κ3) is 6.70. The Morgan fingerprint density at radius 2 is 2.07 bits per heavy atom. The number of carbonyl (C=O) groups excluding carboxylic acids is 1. The van der Waals surface area contributed by atoms with Gasteiger partial charge in [0.15, 0.2) is 11.6 Å². The Morgan fingerprint density at radius 1 is 1.31 bits per heavy atom. The van der Waals surface area contributed by atoms with Crippen LogP contribution in [0.1, 0.15) is 31.4 Å². The molecule has 2 N–H and O–H groups in total. The maximum absolute atomic E-state index is 13.2. The van der Waals surface area contributed by atoms with Crippen LogP contribution in [0.4, 0.5) is 23.2 Å². The first kappa shape index (κ1) is 22.6. The molecule has 1 aliphatic carbocycles. The lowest BCUT2D eigenvalue weighted by Crippen LogP contribution is -2.33. The van der Waals surface area contributed by atoms with Gasteiger partial charge in [-0.2, -0.15) is 4.39 Å². The summed E-state index contributed by atoms with van der Waals surface area (Å²) in [5.41, 5.74) is 0.943. The number of pyridine rings is 1. The molecule has 0 unspecified atom stereocenters. The predicted octanol–water partition coefficient (Wildman–Crippen LogP) is 4.31. The van der Waals surface area contributed by atoms with E-state index in [1.54, 1.807) is 12.1 Å². The van der Waals surface area contributed by atoms with Gasteiger partial charge in [-0.15, -0.1) is 0 Å². The van der Waals surface area contributed by atoms with Crippen molar-refractivity contribution in [2.24, 2.45) is 5.92 Å². The molecule has 1 fully saturated rings. The summed E-state index contributed by atoms with van der Waals surface area (Å²) in [5.74, 6) is -5.68. The van der Waals surface area contributed by atoms with Gasteiger partial charge in [-0.05, 0) is 37.1 Å². The number of rotatable bonds is 4. The molecule has 1 aromatic heterocycles. The number of aliphatic hydroxyl groups excluding tert-OH is 1. The van der Waals surface area contributed by atoms with Crippen molar-refractivity contribution < 1.29 is 32.2 Å². The Balaban J connectivity index is 0.000000253. The Bertz CT molecular complexity index is 816. The molecule has 1 heterocycles. The fraction of sp³-hybridized carbons (Fsp3) is 0.400. The van der Waals surface area contributed by atoms with Crippen molar-refractivity contribution in [1.29, 1.82) is 0 Å². The van der Waals surface area contributed by atoms with Gasteiger partial charge in [-0.1, -0.05) is 6.07 Å². The van der Waals surface area contributed by atoms with Crippen molar-refractivity contribution in [2.45, 2.75) is 38.2 Å². The number of hydrogen-bond acceptors (Lipinski definition) is 4. The number of nitrogens with zero attached hydrogens (tertiary/aromatic N) is 1. The average molecular weight is 414 g/mol. The van der Waals surface area contributed by atoms with Gasteiger partial charge in [0, 0.05) is 18.8 Å². The first-order chi connectivity index (χ1) is 13.8. The molecule has 1 aromatic carbocycles. The van der Waals surface area contributed by atoms with Crippen molar-refractivity contribution in [3.63, 3.8) is 0 Å². The first-order valence-corrected chi connectivity index (χ1v) is 8.98. The highest BCUT2D eigenvalue weighted by molar-refractivity contribution is 5.92. The number of benzene rings is 1. The van der Waals surface area contributed by atoms with Gasteiger partial charge in [-0.25, -0.2) is 13.2 Å². The lowest BCUT2D eigenvalue weighted by Gasteiger charge is -2.27. The SMILES string of the molecule is COc1cccc(F)c1F.O=C(Nc1ccc(CO)nc1)[C@H]1CCCC(F)(F)C1. The molecule has 1 atom stereocenters. The van der Waals surface area contributed by atoms with Crippen LogP contribution in [0.2, 0.25) is 0 Å². The van der Waals surface area contributed by atoms with Crippen LogP contribution in [-0.2, 0) is 11.4 Å². The third-order valence-corrected chi connectivity index (χ3v) is 4.40. The number of halogens is 4. The molecule has 0 aliphatic heterocycles. The Hall–Kier alpha value is -2.68. The highest BCUT2D eigenvalue weighted by Gasteiger charge is 2.39. The maximum Gasteiger partial charge on any atom is 0.248 e. The summed E-state index contributed by atoms with van der Waals surface area (Å²) >= 11 is 0. The number of methoxy groups -OCH3 is 1. The summed E-state index contributed by atoms with van der Waals surface area (Å²) in [7, 11) is 1.29. The fourth-order valence-corrected chi connectivity index (χ4v) is 2.87. The molecule has 1 amide bonds. The first-order valence-electron chi connectivity index (χ1n) is 8.98. The fourth-order valence-electron chi connectivity index (χ4n) is 2.87. The maximum atomic E-state index is 13.2. The summed E-state index contributed by atoms with van der Waals surface area (Å²) in [6.45, 7) is -0.178. The second kappa shape index (κ2) is 10.2. The lowest BCUT2D eigenvalue weighted by atomic mass is 9.86. The van der Waals surface area contributed by atoms with Crippen LogP contribution in [0.3, 0.4) is 0 Å². The number of alkyl halides is 2. The van der Waals surface area contributed by atoms with Crippen LogP contribution in [0.25, 0.3) is 0 Å². The monoisotopic (exact) mass is 414 g/mol. The summed E-state index contributed by atoms with van der Waals surface area (Å²) in [4.78, 5) is 15.8. The highest BCUT2D eigenvalue weighted by Crippen LogP contribution is 2.37. The van der Waals surface area contributed by atoms with E-state index in [-0.39, 0.29) is 25.2 Å². The van der Waals surface area contributed by atoms with Gasteiger partial charge < -0.3 is 15.2 Å². The second-order valence-corrected chi connectivity index (χ2v) is 6.59. The number of ether oxygens (including phenoxy) is 1. The quantitative estimate of drug-likeness (QED) is 0.732. The van der Waals surface area contributed by atoms with Gasteiger partial charge in [0.2, 0.25) is 17.6 Å². The number of hydrogen-bond donors (Lipinski definition) is 2. The molecule has 9 heteroatoms. The minimum absolute atomic E-state index is 0.0694. The highest BCUT2D eigenvalue weighted by atomic mass is 19.3. The summed E-state index contributed by atoms with van der Waals surface area (Å²) in [5, 5.41) is 11.4. The van der Waals surface area contributed by atoms with Crippen LogP contribution >= 0.6 is 0 Å². The number of nitrogens with one attached hydrogen (secondary N) is 1. The zero-order chi connectivity index (χ0) is 21.4. The Morgan fingerprint density at radius 3 is 2.62 bits per heavy atom. The van der Waals surface area contributed by atoms with E-state index in [1.165, 1.54) is 25.4 Å². The number of anilines is 1. The molecule has 1 aliphatic rings. The molecular formula is C20H22F4N2O3. The molecule has 1 saturated carbocycles. The van der Waals surface area contributed by atoms with Gasteiger partial charge in [0.05, 0.1) is 31.3 Å². The summed E-state index contributed by atoms with van der Waals surface area (Å²) in [6.07, 6.45) is 1.74. The molecule has 5 nitrogen and oxygen atoms in total. The molecule has 2 aromatic rings. The van der Waals surface area contributed by atoms with Gasteiger partial charge >= 0.3 is 0 Å². The molecule has 3 rings (SSSR count). The summed E-state index contributed by atoms with van der Waals surface area (Å²) in [6, 6.07) is 6.95. The minimum Gasteiger partial charge on any atom is -0.494 e. The lowest BCUT2D eigenvalue weighted by molar-refractivity contribution is -0.127. The van der Waals surface area contributed by atoms with E-state index in [1.807, 2.05) is 0 Å². The van der Waals surface area contributed by atoms with E-state index in [9.17, 15) is 22.4 Å². The molecule has 0 bridgehead atoms. The number of amides is 1. The van der Waals surface area contributed by atoms with Crippen molar-refractivity contribution in [2.75, 3.05) is 12.4 Å². The van der Waals surface area contributed by atoms with Crippen molar-refractivity contribution >= 4 is 11.6 Å². The Kier molecular flexibility index (Phi) is 7.95. The van der Waals surface area contributed by atoms with Crippen LogP contribution in [0.5, 0.6) is 5.75 Å². The molecule has 0 spiro atoms. The van der Waals surface area contributed by atoms with Crippen molar-refractivity contribution in [1.82, 2.24) is 4.98 Å². The zero-order valence-electron chi connectivity index (χ0n) is 15.8. The standard InChI is InChI=1S/C13H16F2N2O2.C7H6F2O/c14-13(15)5-1-2-9(6-13)12(19)17-10-3-4-11(8-18)16-7-10;1-10-6-4-2-3-5(8)7(6)9/h3-4,7,9,18H,1-2,5-6,8H2,(H,17,19);2-4H,1H3/t9-;/m0./s1. The van der Waals surface area contributed by atoms with E-state index in [0.717, 1.165) is 6.07 Å². The molecular weight excluding hydrogens is 392 g/mol. The largest absolute Gasteiger partial charge is 0.494 e.